The lowest BCUT2D eigenvalue weighted by atomic mass is 10.1. The summed E-state index contributed by atoms with van der Waals surface area (Å²) in [5.41, 5.74) is 2.03. The van der Waals surface area contributed by atoms with Gasteiger partial charge in [-0.15, -0.1) is 0 Å². The van der Waals surface area contributed by atoms with E-state index in [4.69, 9.17) is 0 Å². The molecule has 1 rings (SSSR count). The van der Waals surface area contributed by atoms with Gasteiger partial charge < -0.3 is 5.11 Å². The summed E-state index contributed by atoms with van der Waals surface area (Å²) >= 11 is 0. The van der Waals surface area contributed by atoms with Gasteiger partial charge in [-0.1, -0.05) is 6.92 Å². The predicted octanol–water partition coefficient (Wildman–Crippen LogP) is 1.65. The molecule has 0 aromatic carbocycles. The van der Waals surface area contributed by atoms with E-state index >= 15 is 0 Å². The van der Waals surface area contributed by atoms with Crippen molar-refractivity contribution in [3.63, 3.8) is 0 Å². The molecule has 3 heteroatoms. The zero-order chi connectivity index (χ0) is 9.14. The van der Waals surface area contributed by atoms with Crippen molar-refractivity contribution in [2.45, 2.75) is 39.8 Å². The van der Waals surface area contributed by atoms with Gasteiger partial charge in [0.05, 0.1) is 12.3 Å². The Morgan fingerprint density at radius 3 is 2.67 bits per heavy atom. The Bertz CT molecular complexity index is 255. The largest absolute Gasteiger partial charge is 0.388 e. The Balaban J connectivity index is 2.93. The molecule has 68 valence electrons. The minimum atomic E-state index is -0.356. The number of rotatable bonds is 3. The second-order valence-electron chi connectivity index (χ2n) is 2.93. The fourth-order valence-electron chi connectivity index (χ4n) is 1.33. The van der Waals surface area contributed by atoms with Crippen LogP contribution in [0.3, 0.4) is 0 Å². The SMILES string of the molecule is CCC(O)c1cnn(CC)c1C. The Labute approximate surface area is 73.0 Å². The number of aliphatic hydroxyl groups is 1. The lowest BCUT2D eigenvalue weighted by molar-refractivity contribution is 0.173. The number of hydrogen-bond donors (Lipinski definition) is 1. The minimum Gasteiger partial charge on any atom is -0.388 e. The number of aliphatic hydroxyl groups excluding tert-OH is 1. The van der Waals surface area contributed by atoms with Crippen LogP contribution in [0.5, 0.6) is 0 Å². The fourth-order valence-corrected chi connectivity index (χ4v) is 1.33. The first-order valence-electron chi connectivity index (χ1n) is 4.41. The summed E-state index contributed by atoms with van der Waals surface area (Å²) in [6.07, 6.45) is 2.15. The van der Waals surface area contributed by atoms with Gasteiger partial charge in [0.1, 0.15) is 0 Å². The zero-order valence-corrected chi connectivity index (χ0v) is 7.91. The molecule has 1 aromatic heterocycles. The van der Waals surface area contributed by atoms with E-state index in [2.05, 4.69) is 5.10 Å². The molecule has 0 fully saturated rings. The molecular weight excluding hydrogens is 152 g/mol. The third kappa shape index (κ3) is 1.50. The monoisotopic (exact) mass is 168 g/mol. The van der Waals surface area contributed by atoms with Gasteiger partial charge in [-0.3, -0.25) is 4.68 Å². The van der Waals surface area contributed by atoms with Crippen molar-refractivity contribution in [3.8, 4) is 0 Å². The summed E-state index contributed by atoms with van der Waals surface area (Å²) < 4.78 is 1.90. The highest BCUT2D eigenvalue weighted by Crippen LogP contribution is 2.19. The van der Waals surface area contributed by atoms with Gasteiger partial charge in [-0.25, -0.2) is 0 Å². The van der Waals surface area contributed by atoms with Crippen molar-refractivity contribution in [2.75, 3.05) is 0 Å². The third-order valence-electron chi connectivity index (χ3n) is 2.19. The third-order valence-corrected chi connectivity index (χ3v) is 2.19. The molecule has 0 spiro atoms. The van der Waals surface area contributed by atoms with Crippen molar-refractivity contribution in [3.05, 3.63) is 17.5 Å². The lowest BCUT2D eigenvalue weighted by Crippen LogP contribution is -2.01. The predicted molar refractivity (Wildman–Crippen MR) is 47.9 cm³/mol. The Kier molecular flexibility index (Phi) is 2.87. The van der Waals surface area contributed by atoms with Crippen molar-refractivity contribution in [2.24, 2.45) is 0 Å². The van der Waals surface area contributed by atoms with E-state index in [-0.39, 0.29) is 6.10 Å². The van der Waals surface area contributed by atoms with E-state index in [0.717, 1.165) is 24.2 Å². The molecule has 1 N–H and O–H groups in total. The van der Waals surface area contributed by atoms with Crippen LogP contribution in [-0.4, -0.2) is 14.9 Å². The highest BCUT2D eigenvalue weighted by molar-refractivity contribution is 5.18. The second kappa shape index (κ2) is 3.72. The van der Waals surface area contributed by atoms with Crippen LogP contribution >= 0.6 is 0 Å². The molecule has 3 nitrogen and oxygen atoms in total. The quantitative estimate of drug-likeness (QED) is 0.745. The highest BCUT2D eigenvalue weighted by Gasteiger charge is 2.11. The summed E-state index contributed by atoms with van der Waals surface area (Å²) in [6, 6.07) is 0. The molecular formula is C9H16N2O. The van der Waals surface area contributed by atoms with E-state index in [1.807, 2.05) is 25.5 Å². The van der Waals surface area contributed by atoms with Gasteiger partial charge in [-0.05, 0) is 20.3 Å². The van der Waals surface area contributed by atoms with E-state index < -0.39 is 0 Å². The summed E-state index contributed by atoms with van der Waals surface area (Å²) in [7, 11) is 0. The molecule has 0 aliphatic rings. The van der Waals surface area contributed by atoms with Crippen LogP contribution in [0, 0.1) is 6.92 Å². The molecule has 0 amide bonds. The van der Waals surface area contributed by atoms with Crippen LogP contribution in [0.2, 0.25) is 0 Å². The Morgan fingerprint density at radius 1 is 1.58 bits per heavy atom. The number of aryl methyl sites for hydroxylation is 1. The van der Waals surface area contributed by atoms with Crippen molar-refractivity contribution in [1.29, 1.82) is 0 Å². The Hall–Kier alpha value is -0.830. The average Bonchev–Trinajstić information content (AvgIpc) is 2.45. The number of hydrogen-bond acceptors (Lipinski definition) is 2. The molecule has 0 aliphatic carbocycles. The molecule has 1 unspecified atom stereocenters. The van der Waals surface area contributed by atoms with Crippen molar-refractivity contribution >= 4 is 0 Å². The molecule has 0 bridgehead atoms. The fraction of sp³-hybridized carbons (Fsp3) is 0.667. The van der Waals surface area contributed by atoms with Gasteiger partial charge in [0.25, 0.3) is 0 Å². The molecule has 0 radical (unpaired) electrons. The molecule has 1 atom stereocenters. The lowest BCUT2D eigenvalue weighted by Gasteiger charge is -2.06. The summed E-state index contributed by atoms with van der Waals surface area (Å²) in [5.74, 6) is 0. The molecule has 1 aromatic rings. The molecule has 0 aliphatic heterocycles. The van der Waals surface area contributed by atoms with Gasteiger partial charge in [0.2, 0.25) is 0 Å². The van der Waals surface area contributed by atoms with Gasteiger partial charge in [-0.2, -0.15) is 5.10 Å². The summed E-state index contributed by atoms with van der Waals surface area (Å²) in [6.45, 7) is 6.86. The maximum atomic E-state index is 9.57. The smallest absolute Gasteiger partial charge is 0.0820 e. The molecule has 0 saturated carbocycles. The zero-order valence-electron chi connectivity index (χ0n) is 7.91. The van der Waals surface area contributed by atoms with E-state index in [1.165, 1.54) is 0 Å². The van der Waals surface area contributed by atoms with Crippen LogP contribution in [0.15, 0.2) is 6.20 Å². The maximum absolute atomic E-state index is 9.57. The summed E-state index contributed by atoms with van der Waals surface area (Å²) in [4.78, 5) is 0. The van der Waals surface area contributed by atoms with Crippen LogP contribution < -0.4 is 0 Å². The maximum Gasteiger partial charge on any atom is 0.0820 e. The first-order valence-corrected chi connectivity index (χ1v) is 4.41. The van der Waals surface area contributed by atoms with Crippen LogP contribution in [-0.2, 0) is 6.54 Å². The normalized spacial score (nSPS) is 13.3. The second-order valence-corrected chi connectivity index (χ2v) is 2.93. The van der Waals surface area contributed by atoms with Gasteiger partial charge >= 0.3 is 0 Å². The van der Waals surface area contributed by atoms with E-state index in [9.17, 15) is 5.11 Å². The molecule has 0 saturated heterocycles. The van der Waals surface area contributed by atoms with Crippen molar-refractivity contribution in [1.82, 2.24) is 9.78 Å². The average molecular weight is 168 g/mol. The summed E-state index contributed by atoms with van der Waals surface area (Å²) in [5, 5.41) is 13.7. The number of aromatic nitrogens is 2. The van der Waals surface area contributed by atoms with Gasteiger partial charge in [0.15, 0.2) is 0 Å². The van der Waals surface area contributed by atoms with Gasteiger partial charge in [0, 0.05) is 17.8 Å². The molecule has 12 heavy (non-hydrogen) atoms. The highest BCUT2D eigenvalue weighted by atomic mass is 16.3. The molecule has 1 heterocycles. The topological polar surface area (TPSA) is 38.1 Å². The minimum absolute atomic E-state index is 0.356. The van der Waals surface area contributed by atoms with Crippen LogP contribution in [0.25, 0.3) is 0 Å². The Morgan fingerprint density at radius 2 is 2.25 bits per heavy atom. The first-order chi connectivity index (χ1) is 5.70. The first kappa shape index (κ1) is 9.26. The van der Waals surface area contributed by atoms with E-state index in [1.54, 1.807) is 6.20 Å². The van der Waals surface area contributed by atoms with Crippen LogP contribution in [0.1, 0.15) is 37.6 Å². The van der Waals surface area contributed by atoms with Crippen LogP contribution in [0.4, 0.5) is 0 Å². The number of nitrogens with zero attached hydrogens (tertiary/aromatic N) is 2. The van der Waals surface area contributed by atoms with Crippen molar-refractivity contribution < 1.29 is 5.11 Å². The standard InChI is InChI=1S/C9H16N2O/c1-4-9(12)8-6-10-11(5-2)7(8)3/h6,9,12H,4-5H2,1-3H3. The van der Waals surface area contributed by atoms with E-state index in [0.29, 0.717) is 0 Å².